The second-order valence-electron chi connectivity index (χ2n) is 9.15. The lowest BCUT2D eigenvalue weighted by Crippen LogP contribution is -2.47. The maximum Gasteiger partial charge on any atom is 0.410 e. The first kappa shape index (κ1) is 23.0. The largest absolute Gasteiger partial charge is 0.497 e. The molecule has 2 aromatic carbocycles. The predicted molar refractivity (Wildman–Crippen MR) is 124 cm³/mol. The van der Waals surface area contributed by atoms with Crippen LogP contribution >= 0.6 is 0 Å². The average Bonchev–Trinajstić information content (AvgIpc) is 3.12. The van der Waals surface area contributed by atoms with Gasteiger partial charge in [-0.25, -0.2) is 4.79 Å². The first-order chi connectivity index (χ1) is 16.1. The minimum Gasteiger partial charge on any atom is -0.497 e. The van der Waals surface area contributed by atoms with Crippen LogP contribution in [-0.4, -0.2) is 43.4 Å². The van der Waals surface area contributed by atoms with E-state index in [2.05, 4.69) is 10.0 Å². The van der Waals surface area contributed by atoms with E-state index >= 15 is 0 Å². The van der Waals surface area contributed by atoms with E-state index in [0.29, 0.717) is 39.3 Å². The fourth-order valence-electron chi connectivity index (χ4n) is 5.08. The molecule has 8 nitrogen and oxygen atoms in total. The Morgan fingerprint density at radius 2 is 1.91 bits per heavy atom. The molecule has 1 heterocycles. The Hall–Kier alpha value is -3.22. The van der Waals surface area contributed by atoms with E-state index in [1.165, 1.54) is 0 Å². The number of amides is 1. The summed E-state index contributed by atoms with van der Waals surface area (Å²) in [5, 5.41) is 3.90. The van der Waals surface area contributed by atoms with Gasteiger partial charge in [0.15, 0.2) is 0 Å². The third-order valence-corrected chi connectivity index (χ3v) is 6.60. The van der Waals surface area contributed by atoms with Gasteiger partial charge in [-0.2, -0.15) is 0 Å². The second-order valence-corrected chi connectivity index (χ2v) is 9.15. The van der Waals surface area contributed by atoms with Gasteiger partial charge in [-0.3, -0.25) is 4.90 Å². The summed E-state index contributed by atoms with van der Waals surface area (Å²) in [5.74, 6) is 0.782. The number of nitrogens with zero attached hydrogens (tertiary/aromatic N) is 4. The Labute approximate surface area is 194 Å². The molecule has 0 radical (unpaired) electrons. The molecule has 1 spiro atoms. The first-order valence-electron chi connectivity index (χ1n) is 11.3. The molecule has 1 aliphatic carbocycles. The standard InChI is InChI=1S/C25H30N4O4/c1-31-22-10-8-20(9-11-22)14-29-18-25(33-23(29)30)13-5-12-24(16-25,17-27-28-26)19-32-15-21-6-3-2-4-7-21/h2-4,6-11H,5,12-19H2,1H3. The van der Waals surface area contributed by atoms with Gasteiger partial charge in [0.25, 0.3) is 0 Å². The lowest BCUT2D eigenvalue weighted by Gasteiger charge is -2.44. The summed E-state index contributed by atoms with van der Waals surface area (Å²) in [6.45, 7) is 2.29. The Balaban J connectivity index is 1.44. The Morgan fingerprint density at radius 3 is 2.64 bits per heavy atom. The van der Waals surface area contributed by atoms with Crippen LogP contribution in [-0.2, 0) is 22.6 Å². The van der Waals surface area contributed by atoms with Crippen molar-refractivity contribution in [2.45, 2.75) is 44.4 Å². The van der Waals surface area contributed by atoms with Crippen molar-refractivity contribution in [2.75, 3.05) is 26.8 Å². The number of ether oxygens (including phenoxy) is 3. The van der Waals surface area contributed by atoms with Gasteiger partial charge in [0.2, 0.25) is 0 Å². The molecule has 2 aliphatic rings. The molecule has 2 fully saturated rings. The average molecular weight is 451 g/mol. The van der Waals surface area contributed by atoms with Crippen LogP contribution < -0.4 is 4.74 Å². The van der Waals surface area contributed by atoms with Crippen molar-refractivity contribution in [1.29, 1.82) is 0 Å². The minimum atomic E-state index is -0.580. The zero-order valence-electron chi connectivity index (χ0n) is 19.0. The lowest BCUT2D eigenvalue weighted by molar-refractivity contribution is -0.0625. The van der Waals surface area contributed by atoms with Crippen molar-refractivity contribution in [3.63, 3.8) is 0 Å². The van der Waals surface area contributed by atoms with Crippen LogP contribution in [0.15, 0.2) is 59.7 Å². The third-order valence-electron chi connectivity index (χ3n) is 6.60. The number of hydrogen-bond acceptors (Lipinski definition) is 5. The molecule has 1 saturated heterocycles. The van der Waals surface area contributed by atoms with E-state index < -0.39 is 5.60 Å². The Bertz CT molecular complexity index is 993. The molecule has 2 atom stereocenters. The van der Waals surface area contributed by atoms with Gasteiger partial charge in [-0.15, -0.1) is 0 Å². The lowest BCUT2D eigenvalue weighted by atomic mass is 9.67. The van der Waals surface area contributed by atoms with E-state index in [1.54, 1.807) is 12.0 Å². The second kappa shape index (κ2) is 10.1. The Morgan fingerprint density at radius 1 is 1.12 bits per heavy atom. The van der Waals surface area contributed by atoms with Crippen molar-refractivity contribution in [2.24, 2.45) is 10.5 Å². The number of azide groups is 1. The van der Waals surface area contributed by atoms with Crippen LogP contribution in [0.1, 0.15) is 36.8 Å². The van der Waals surface area contributed by atoms with E-state index in [1.807, 2.05) is 54.6 Å². The highest BCUT2D eigenvalue weighted by molar-refractivity contribution is 5.70. The van der Waals surface area contributed by atoms with Gasteiger partial charge in [0.1, 0.15) is 11.4 Å². The van der Waals surface area contributed by atoms with Crippen LogP contribution in [0.25, 0.3) is 10.4 Å². The topological polar surface area (TPSA) is 96.8 Å². The summed E-state index contributed by atoms with van der Waals surface area (Å²) < 4.78 is 17.3. The zero-order valence-corrected chi connectivity index (χ0v) is 19.0. The highest BCUT2D eigenvalue weighted by atomic mass is 16.6. The van der Waals surface area contributed by atoms with Crippen molar-refractivity contribution >= 4 is 6.09 Å². The molecule has 1 aliphatic heterocycles. The van der Waals surface area contributed by atoms with Crippen molar-refractivity contribution < 1.29 is 19.0 Å². The fraction of sp³-hybridized carbons (Fsp3) is 0.480. The van der Waals surface area contributed by atoms with Gasteiger partial charge < -0.3 is 14.2 Å². The van der Waals surface area contributed by atoms with Crippen LogP contribution in [0.2, 0.25) is 0 Å². The number of carbonyl (C=O) groups is 1. The van der Waals surface area contributed by atoms with E-state index in [0.717, 1.165) is 36.1 Å². The maximum atomic E-state index is 12.8. The molecule has 0 aromatic heterocycles. The van der Waals surface area contributed by atoms with Crippen molar-refractivity contribution in [1.82, 2.24) is 4.90 Å². The van der Waals surface area contributed by atoms with E-state index in [-0.39, 0.29) is 11.5 Å². The molecule has 174 valence electrons. The smallest absolute Gasteiger partial charge is 0.410 e. The summed E-state index contributed by atoms with van der Waals surface area (Å²) in [7, 11) is 1.63. The van der Waals surface area contributed by atoms with Gasteiger partial charge in [0.05, 0.1) is 26.9 Å². The molecule has 2 aromatic rings. The number of hydrogen-bond donors (Lipinski definition) is 0. The van der Waals surface area contributed by atoms with Crippen LogP contribution in [0.3, 0.4) is 0 Å². The summed E-state index contributed by atoms with van der Waals surface area (Å²) in [6.07, 6.45) is 2.89. The SMILES string of the molecule is COc1ccc(CN2CC3(CCCC(CN=[N+]=[N-])(COCc4ccccc4)C3)OC2=O)cc1. The molecule has 33 heavy (non-hydrogen) atoms. The number of benzene rings is 2. The molecule has 0 N–H and O–H groups in total. The molecule has 1 saturated carbocycles. The predicted octanol–water partition coefficient (Wildman–Crippen LogP) is 5.47. The minimum absolute atomic E-state index is 0.296. The Kier molecular flexibility index (Phi) is 7.06. The van der Waals surface area contributed by atoms with Crippen molar-refractivity contribution in [3.05, 3.63) is 76.2 Å². The third kappa shape index (κ3) is 5.59. The molecule has 8 heteroatoms. The van der Waals surface area contributed by atoms with Crippen LogP contribution in [0, 0.1) is 5.41 Å². The van der Waals surface area contributed by atoms with Gasteiger partial charge in [-0.1, -0.05) is 47.6 Å². The van der Waals surface area contributed by atoms with Gasteiger partial charge >= 0.3 is 6.09 Å². The zero-order chi connectivity index (χ0) is 23.2. The highest BCUT2D eigenvalue weighted by Gasteiger charge is 2.52. The van der Waals surface area contributed by atoms with Gasteiger partial charge in [-0.05, 0) is 54.5 Å². The highest BCUT2D eigenvalue weighted by Crippen LogP contribution is 2.47. The number of rotatable bonds is 9. The molecular formula is C25H30N4O4. The molecule has 2 unspecified atom stereocenters. The van der Waals surface area contributed by atoms with Crippen molar-refractivity contribution in [3.8, 4) is 5.75 Å². The first-order valence-corrected chi connectivity index (χ1v) is 11.3. The van der Waals surface area contributed by atoms with Crippen LogP contribution in [0.5, 0.6) is 5.75 Å². The molecular weight excluding hydrogens is 420 g/mol. The summed E-state index contributed by atoms with van der Waals surface area (Å²) in [6, 6.07) is 17.7. The number of methoxy groups -OCH3 is 1. The summed E-state index contributed by atoms with van der Waals surface area (Å²) in [5.41, 5.74) is 10.2. The molecule has 4 rings (SSSR count). The van der Waals surface area contributed by atoms with Crippen LogP contribution in [0.4, 0.5) is 4.79 Å². The quantitative estimate of drug-likeness (QED) is 0.287. The summed E-state index contributed by atoms with van der Waals surface area (Å²) >= 11 is 0. The van der Waals surface area contributed by atoms with Gasteiger partial charge in [0, 0.05) is 23.4 Å². The molecule has 0 bridgehead atoms. The maximum absolute atomic E-state index is 12.8. The monoisotopic (exact) mass is 450 g/mol. The summed E-state index contributed by atoms with van der Waals surface area (Å²) in [4.78, 5) is 17.5. The number of carbonyl (C=O) groups excluding carboxylic acids is 1. The molecule has 1 amide bonds. The normalized spacial score (nSPS) is 24.4. The van der Waals surface area contributed by atoms with E-state index in [4.69, 9.17) is 19.7 Å². The fourth-order valence-corrected chi connectivity index (χ4v) is 5.08. The van der Waals surface area contributed by atoms with E-state index in [9.17, 15) is 4.79 Å².